The number of halogens is 5. The fraction of sp³-hybridized carbons (Fsp3) is 0.276. The minimum Gasteiger partial charge on any atom is -0.494 e. The Kier molecular flexibility index (Phi) is 8.06. The molecule has 0 atom stereocenters. The van der Waals surface area contributed by atoms with E-state index in [1.54, 1.807) is 18.1 Å². The lowest BCUT2D eigenvalue weighted by atomic mass is 9.94. The van der Waals surface area contributed by atoms with Crippen molar-refractivity contribution in [2.75, 3.05) is 20.2 Å². The van der Waals surface area contributed by atoms with Crippen LogP contribution in [0.15, 0.2) is 83.1 Å². The molecule has 0 N–H and O–H groups in total. The number of benzene rings is 2. The van der Waals surface area contributed by atoms with Gasteiger partial charge in [-0.2, -0.15) is 13.2 Å². The second kappa shape index (κ2) is 11.3. The van der Waals surface area contributed by atoms with Gasteiger partial charge in [0.25, 0.3) is 5.91 Å². The summed E-state index contributed by atoms with van der Waals surface area (Å²) < 4.78 is 76.8. The number of hydrogen-bond acceptors (Lipinski definition) is 4. The van der Waals surface area contributed by atoms with Gasteiger partial charge in [0.05, 0.1) is 19.2 Å². The standard InChI is InChI=1S/C29H25F5N2O3/c1-18-26(20-10-6-13-24(39-2)27(20)31)28(38)35(15-14-19-8-4-3-5-9-19)25(17-37)36(18)16-21-22(29(32,33)34)11-7-12-23(21)30/h3-6,8-10,12-13H,7,11,14-16H2,1-2H3. The summed E-state index contributed by atoms with van der Waals surface area (Å²) in [5.41, 5.74) is -1.25. The minimum atomic E-state index is -4.80. The summed E-state index contributed by atoms with van der Waals surface area (Å²) in [5, 5.41) is 0. The van der Waals surface area contributed by atoms with E-state index in [1.165, 1.54) is 32.2 Å². The first kappa shape index (κ1) is 27.9. The molecule has 0 saturated heterocycles. The molecule has 1 amide bonds. The van der Waals surface area contributed by atoms with E-state index >= 15 is 4.39 Å². The number of carbonyl (C=O) groups is 1. The van der Waals surface area contributed by atoms with Gasteiger partial charge in [0.1, 0.15) is 5.83 Å². The highest BCUT2D eigenvalue weighted by Gasteiger charge is 2.41. The van der Waals surface area contributed by atoms with Crippen molar-refractivity contribution in [2.24, 2.45) is 0 Å². The molecule has 0 bridgehead atoms. The number of amides is 1. The molecule has 5 nitrogen and oxygen atoms in total. The van der Waals surface area contributed by atoms with Crippen LogP contribution in [0.2, 0.25) is 0 Å². The highest BCUT2D eigenvalue weighted by Crippen LogP contribution is 2.41. The first-order valence-electron chi connectivity index (χ1n) is 12.2. The first-order chi connectivity index (χ1) is 18.6. The van der Waals surface area contributed by atoms with E-state index in [2.05, 4.69) is 0 Å². The maximum atomic E-state index is 15.4. The van der Waals surface area contributed by atoms with Crippen LogP contribution in [0.5, 0.6) is 5.75 Å². The van der Waals surface area contributed by atoms with E-state index in [4.69, 9.17) is 4.74 Å². The zero-order valence-corrected chi connectivity index (χ0v) is 21.2. The van der Waals surface area contributed by atoms with E-state index in [1.807, 2.05) is 18.2 Å². The Morgan fingerprint density at radius 2 is 1.74 bits per heavy atom. The van der Waals surface area contributed by atoms with Crippen molar-refractivity contribution in [3.8, 4) is 5.75 Å². The number of carbonyl (C=O) groups excluding carboxylic acids is 2. The summed E-state index contributed by atoms with van der Waals surface area (Å²) in [6.07, 6.45) is -4.03. The quantitative estimate of drug-likeness (QED) is 0.311. The molecule has 0 fully saturated rings. The lowest BCUT2D eigenvalue weighted by Gasteiger charge is -2.40. The number of alkyl halides is 3. The molecule has 0 saturated carbocycles. The molecule has 2 aromatic rings. The molecule has 39 heavy (non-hydrogen) atoms. The van der Waals surface area contributed by atoms with Gasteiger partial charge in [-0.3, -0.25) is 9.69 Å². The summed E-state index contributed by atoms with van der Waals surface area (Å²) in [5.74, 6) is -1.52. The minimum absolute atomic E-state index is 0.0196. The molecule has 0 aromatic heterocycles. The van der Waals surface area contributed by atoms with Crippen LogP contribution in [0.4, 0.5) is 22.0 Å². The zero-order valence-electron chi connectivity index (χ0n) is 21.2. The SMILES string of the molecule is COc1cccc(C2=C(C)N(CC3=C(C(F)(F)F)CCC=C3F)C(=C=O)N(CCc3ccccc3)C2=O)c1F. The van der Waals surface area contributed by atoms with Crippen LogP contribution < -0.4 is 4.74 Å². The van der Waals surface area contributed by atoms with Crippen LogP contribution >= 0.6 is 0 Å². The van der Waals surface area contributed by atoms with Crippen LogP contribution in [0, 0.1) is 5.82 Å². The number of nitrogens with zero attached hydrogens (tertiary/aromatic N) is 2. The Balaban J connectivity index is 1.87. The molecule has 0 unspecified atom stereocenters. The molecule has 10 heteroatoms. The van der Waals surface area contributed by atoms with Crippen molar-refractivity contribution in [3.63, 3.8) is 0 Å². The van der Waals surface area contributed by atoms with Gasteiger partial charge in [0, 0.05) is 29.0 Å². The molecule has 1 aliphatic carbocycles. The zero-order chi connectivity index (χ0) is 28.3. The average molecular weight is 545 g/mol. The van der Waals surface area contributed by atoms with Gasteiger partial charge in [-0.1, -0.05) is 42.5 Å². The molecule has 0 radical (unpaired) electrons. The average Bonchev–Trinajstić information content (AvgIpc) is 2.91. The van der Waals surface area contributed by atoms with Crippen molar-refractivity contribution in [3.05, 3.63) is 100 Å². The van der Waals surface area contributed by atoms with Crippen molar-refractivity contribution < 1.29 is 36.3 Å². The summed E-state index contributed by atoms with van der Waals surface area (Å²) in [6.45, 7) is 0.601. The summed E-state index contributed by atoms with van der Waals surface area (Å²) in [6, 6.07) is 13.2. The highest BCUT2D eigenvalue weighted by atomic mass is 19.4. The van der Waals surface area contributed by atoms with Crippen molar-refractivity contribution in [1.29, 1.82) is 0 Å². The topological polar surface area (TPSA) is 49.9 Å². The Bertz CT molecular complexity index is 1420. The van der Waals surface area contributed by atoms with Crippen molar-refractivity contribution >= 4 is 17.4 Å². The third-order valence-corrected chi connectivity index (χ3v) is 6.78. The second-order valence-corrected chi connectivity index (χ2v) is 9.03. The Morgan fingerprint density at radius 3 is 2.38 bits per heavy atom. The molecule has 0 spiro atoms. The molecule has 1 aliphatic heterocycles. The van der Waals surface area contributed by atoms with Gasteiger partial charge >= 0.3 is 6.18 Å². The third kappa shape index (κ3) is 5.52. The molecule has 4 rings (SSSR count). The number of rotatable bonds is 7. The van der Waals surface area contributed by atoms with E-state index in [0.29, 0.717) is 0 Å². The Hall–Kier alpha value is -4.17. The maximum absolute atomic E-state index is 15.4. The molecule has 2 aliphatic rings. The second-order valence-electron chi connectivity index (χ2n) is 9.03. The predicted octanol–water partition coefficient (Wildman–Crippen LogP) is 6.13. The number of allylic oxidation sites excluding steroid dienone is 3. The van der Waals surface area contributed by atoms with Gasteiger partial charge in [0.15, 0.2) is 17.5 Å². The first-order valence-corrected chi connectivity index (χ1v) is 12.2. The van der Waals surface area contributed by atoms with Gasteiger partial charge in [-0.15, -0.1) is 0 Å². The fourth-order valence-corrected chi connectivity index (χ4v) is 4.80. The maximum Gasteiger partial charge on any atom is 0.413 e. The van der Waals surface area contributed by atoms with Gasteiger partial charge in [0.2, 0.25) is 5.82 Å². The highest BCUT2D eigenvalue weighted by molar-refractivity contribution is 6.22. The number of methoxy groups -OCH3 is 1. The largest absolute Gasteiger partial charge is 0.494 e. The molecular weight excluding hydrogens is 519 g/mol. The van der Waals surface area contributed by atoms with Gasteiger partial charge < -0.3 is 9.64 Å². The summed E-state index contributed by atoms with van der Waals surface area (Å²) >= 11 is 0. The lowest BCUT2D eigenvalue weighted by Crippen LogP contribution is -2.46. The number of hydrogen-bond donors (Lipinski definition) is 0. The predicted molar refractivity (Wildman–Crippen MR) is 135 cm³/mol. The van der Waals surface area contributed by atoms with E-state index in [9.17, 15) is 27.2 Å². The van der Waals surface area contributed by atoms with Crippen molar-refractivity contribution in [1.82, 2.24) is 9.80 Å². The van der Waals surface area contributed by atoms with E-state index in [-0.39, 0.29) is 47.8 Å². The summed E-state index contributed by atoms with van der Waals surface area (Å²) in [7, 11) is 1.25. The smallest absolute Gasteiger partial charge is 0.413 e. The Labute approximate surface area is 222 Å². The van der Waals surface area contributed by atoms with Crippen molar-refractivity contribution in [2.45, 2.75) is 32.4 Å². The Morgan fingerprint density at radius 1 is 1.03 bits per heavy atom. The van der Waals surface area contributed by atoms with Crippen LogP contribution in [-0.4, -0.2) is 48.0 Å². The molecule has 1 heterocycles. The lowest BCUT2D eigenvalue weighted by molar-refractivity contribution is -0.125. The van der Waals surface area contributed by atoms with Crippen LogP contribution in [0.1, 0.15) is 30.9 Å². The van der Waals surface area contributed by atoms with Crippen LogP contribution in [0.3, 0.4) is 0 Å². The summed E-state index contributed by atoms with van der Waals surface area (Å²) in [4.78, 5) is 28.1. The molecule has 2 aromatic carbocycles. The van der Waals surface area contributed by atoms with Crippen LogP contribution in [0.25, 0.3) is 5.57 Å². The normalized spacial score (nSPS) is 16.5. The molecular formula is C29H25F5N2O3. The van der Waals surface area contributed by atoms with Gasteiger partial charge in [-0.05, 0) is 43.9 Å². The monoisotopic (exact) mass is 544 g/mol. The fourth-order valence-electron chi connectivity index (χ4n) is 4.80. The number of ether oxygens (including phenoxy) is 1. The van der Waals surface area contributed by atoms with E-state index in [0.717, 1.165) is 21.4 Å². The van der Waals surface area contributed by atoms with Crippen LogP contribution in [-0.2, 0) is 16.0 Å². The third-order valence-electron chi connectivity index (χ3n) is 6.78. The van der Waals surface area contributed by atoms with Gasteiger partial charge in [-0.25, -0.2) is 13.6 Å². The van der Waals surface area contributed by atoms with E-state index < -0.39 is 47.8 Å². The molecule has 204 valence electrons.